The molecule has 2 aromatic rings. The lowest BCUT2D eigenvalue weighted by atomic mass is 9.89. The molecule has 2 rings (SSSR count). The Morgan fingerprint density at radius 1 is 1.22 bits per heavy atom. The molecule has 4 nitrogen and oxygen atoms in total. The number of hydrogen-bond donors (Lipinski definition) is 1. The smallest absolute Gasteiger partial charge is 0.133 e. The highest BCUT2D eigenvalue weighted by Crippen LogP contribution is 2.27. The van der Waals surface area contributed by atoms with Crippen molar-refractivity contribution >= 4 is 11.3 Å². The maximum atomic E-state index is 10.8. The van der Waals surface area contributed by atoms with Crippen LogP contribution in [0.5, 0.6) is 0 Å². The summed E-state index contributed by atoms with van der Waals surface area (Å²) in [4.78, 5) is 10.8. The molecule has 0 saturated heterocycles. The average molecular weight is 318 g/mol. The van der Waals surface area contributed by atoms with Crippen molar-refractivity contribution in [1.82, 2.24) is 9.61 Å². The molecule has 0 saturated carbocycles. The summed E-state index contributed by atoms with van der Waals surface area (Å²) >= 11 is 0. The van der Waals surface area contributed by atoms with E-state index in [9.17, 15) is 9.90 Å². The van der Waals surface area contributed by atoms with Gasteiger partial charge in [0, 0.05) is 24.6 Å². The molecule has 2 heterocycles. The standard InChI is InChI=1S/C11H14N2O.C8H16O/c1-8-10(11(2,3)14)9-6-4-5-7-13(9)12-8;1-5-7(9)6-8(2,3)4/h4-7,14H,1-3H3;5-6H2,1-4H3. The second kappa shape index (κ2) is 7.26. The minimum atomic E-state index is -0.840. The van der Waals surface area contributed by atoms with Crippen molar-refractivity contribution in [2.75, 3.05) is 0 Å². The Morgan fingerprint density at radius 2 is 1.83 bits per heavy atom. The van der Waals surface area contributed by atoms with Gasteiger partial charge in [-0.05, 0) is 38.3 Å². The SMILES string of the molecule is CCC(=O)CC(C)(C)C.Cc1nn2ccccc2c1C(C)(C)O. The fraction of sp³-hybridized carbons (Fsp3) is 0.579. The monoisotopic (exact) mass is 318 g/mol. The van der Waals surface area contributed by atoms with Gasteiger partial charge in [0.25, 0.3) is 0 Å². The van der Waals surface area contributed by atoms with Crippen molar-refractivity contribution in [3.63, 3.8) is 0 Å². The van der Waals surface area contributed by atoms with Gasteiger partial charge in [-0.15, -0.1) is 0 Å². The molecule has 0 fully saturated rings. The molecule has 0 atom stereocenters. The van der Waals surface area contributed by atoms with Gasteiger partial charge in [-0.25, -0.2) is 4.52 Å². The van der Waals surface area contributed by atoms with Crippen LogP contribution in [0.2, 0.25) is 0 Å². The molecule has 0 aliphatic rings. The lowest BCUT2D eigenvalue weighted by molar-refractivity contribution is -0.120. The van der Waals surface area contributed by atoms with E-state index in [0.717, 1.165) is 16.8 Å². The Kier molecular flexibility index (Phi) is 6.11. The molecule has 0 spiro atoms. The molecular formula is C19H30N2O2. The number of ketones is 1. The maximum Gasteiger partial charge on any atom is 0.133 e. The highest BCUT2D eigenvalue weighted by molar-refractivity contribution is 5.78. The number of aromatic nitrogens is 2. The van der Waals surface area contributed by atoms with Crippen LogP contribution in [0.3, 0.4) is 0 Å². The molecule has 0 bridgehead atoms. The predicted octanol–water partition coefficient (Wildman–Crippen LogP) is 4.27. The molecule has 4 heteroatoms. The number of aryl methyl sites for hydroxylation is 1. The predicted molar refractivity (Wildman–Crippen MR) is 94.5 cm³/mol. The van der Waals surface area contributed by atoms with Gasteiger partial charge in [-0.1, -0.05) is 33.8 Å². The number of fused-ring (bicyclic) bond motifs is 1. The van der Waals surface area contributed by atoms with Gasteiger partial charge < -0.3 is 5.11 Å². The lowest BCUT2D eigenvalue weighted by Gasteiger charge is -2.16. The van der Waals surface area contributed by atoms with Gasteiger partial charge in [-0.3, -0.25) is 4.79 Å². The molecule has 0 amide bonds. The average Bonchev–Trinajstić information content (AvgIpc) is 2.72. The normalized spacial score (nSPS) is 12.0. The highest BCUT2D eigenvalue weighted by Gasteiger charge is 2.23. The van der Waals surface area contributed by atoms with Gasteiger partial charge in [-0.2, -0.15) is 5.10 Å². The Hall–Kier alpha value is -1.68. The van der Waals surface area contributed by atoms with E-state index in [4.69, 9.17) is 0 Å². The molecule has 23 heavy (non-hydrogen) atoms. The number of rotatable bonds is 3. The van der Waals surface area contributed by atoms with Crippen molar-refractivity contribution in [2.45, 2.75) is 66.9 Å². The third-order valence-electron chi connectivity index (χ3n) is 3.45. The largest absolute Gasteiger partial charge is 0.386 e. The molecular weight excluding hydrogens is 288 g/mol. The van der Waals surface area contributed by atoms with Crippen LogP contribution in [0.15, 0.2) is 24.4 Å². The number of Topliss-reactive ketones (excluding diaryl/α,β-unsaturated/α-hetero) is 1. The van der Waals surface area contributed by atoms with Crippen LogP contribution in [0.4, 0.5) is 0 Å². The summed E-state index contributed by atoms with van der Waals surface area (Å²) in [6.45, 7) is 13.6. The number of nitrogens with zero attached hydrogens (tertiary/aromatic N) is 2. The summed E-state index contributed by atoms with van der Waals surface area (Å²) < 4.78 is 1.79. The number of hydrogen-bond acceptors (Lipinski definition) is 3. The van der Waals surface area contributed by atoms with E-state index in [2.05, 4.69) is 25.9 Å². The van der Waals surface area contributed by atoms with E-state index in [-0.39, 0.29) is 5.41 Å². The number of aliphatic hydroxyl groups is 1. The van der Waals surface area contributed by atoms with Crippen molar-refractivity contribution in [3.05, 3.63) is 35.7 Å². The summed E-state index contributed by atoms with van der Waals surface area (Å²) in [6.07, 6.45) is 3.28. The van der Waals surface area contributed by atoms with Crippen LogP contribution >= 0.6 is 0 Å². The first kappa shape index (κ1) is 19.4. The van der Waals surface area contributed by atoms with Crippen LogP contribution < -0.4 is 0 Å². The van der Waals surface area contributed by atoms with Crippen LogP contribution in [0, 0.1) is 12.3 Å². The quantitative estimate of drug-likeness (QED) is 0.919. The molecule has 0 unspecified atom stereocenters. The van der Waals surface area contributed by atoms with E-state index < -0.39 is 5.60 Å². The van der Waals surface area contributed by atoms with Crippen LogP contribution in [-0.2, 0) is 10.4 Å². The summed E-state index contributed by atoms with van der Waals surface area (Å²) in [5, 5.41) is 14.3. The zero-order chi connectivity index (χ0) is 17.8. The first-order chi connectivity index (χ1) is 10.5. The summed E-state index contributed by atoms with van der Waals surface area (Å²) in [6, 6.07) is 5.84. The minimum absolute atomic E-state index is 0.174. The Labute approximate surface area is 139 Å². The lowest BCUT2D eigenvalue weighted by Crippen LogP contribution is -2.16. The zero-order valence-corrected chi connectivity index (χ0v) is 15.5. The fourth-order valence-electron chi connectivity index (χ4n) is 2.59. The maximum absolute atomic E-state index is 10.8. The first-order valence-electron chi connectivity index (χ1n) is 8.14. The van der Waals surface area contributed by atoms with Crippen LogP contribution in [0.25, 0.3) is 5.52 Å². The second-order valence-electron chi connectivity index (χ2n) is 7.68. The fourth-order valence-corrected chi connectivity index (χ4v) is 2.59. The van der Waals surface area contributed by atoms with Crippen LogP contribution in [0.1, 0.15) is 65.6 Å². The first-order valence-corrected chi connectivity index (χ1v) is 8.14. The Bertz CT molecular complexity index is 658. The van der Waals surface area contributed by atoms with E-state index in [0.29, 0.717) is 18.6 Å². The van der Waals surface area contributed by atoms with Gasteiger partial charge in [0.1, 0.15) is 5.78 Å². The third-order valence-corrected chi connectivity index (χ3v) is 3.45. The Morgan fingerprint density at radius 3 is 2.26 bits per heavy atom. The van der Waals surface area contributed by atoms with Gasteiger partial charge >= 0.3 is 0 Å². The van der Waals surface area contributed by atoms with Gasteiger partial charge in [0.05, 0.1) is 16.8 Å². The van der Waals surface area contributed by atoms with Gasteiger partial charge in [0.2, 0.25) is 0 Å². The van der Waals surface area contributed by atoms with Gasteiger partial charge in [0.15, 0.2) is 0 Å². The molecule has 0 aromatic carbocycles. The molecule has 128 valence electrons. The number of carbonyl (C=O) groups is 1. The van der Waals surface area contributed by atoms with E-state index in [1.54, 1.807) is 18.4 Å². The van der Waals surface area contributed by atoms with Crippen molar-refractivity contribution in [1.29, 1.82) is 0 Å². The topological polar surface area (TPSA) is 54.6 Å². The molecule has 0 aliphatic heterocycles. The summed E-state index contributed by atoms with van der Waals surface area (Å²) in [5.41, 5.74) is 2.08. The molecule has 0 radical (unpaired) electrons. The summed E-state index contributed by atoms with van der Waals surface area (Å²) in [7, 11) is 0. The van der Waals surface area contributed by atoms with E-state index in [1.807, 2.05) is 38.2 Å². The molecule has 1 N–H and O–H groups in total. The molecule has 2 aromatic heterocycles. The van der Waals surface area contributed by atoms with Crippen molar-refractivity contribution in [3.8, 4) is 0 Å². The number of pyridine rings is 1. The van der Waals surface area contributed by atoms with Crippen molar-refractivity contribution in [2.24, 2.45) is 5.41 Å². The van der Waals surface area contributed by atoms with Crippen molar-refractivity contribution < 1.29 is 9.90 Å². The zero-order valence-electron chi connectivity index (χ0n) is 15.5. The second-order valence-corrected chi connectivity index (χ2v) is 7.68. The van der Waals surface area contributed by atoms with E-state index in [1.165, 1.54) is 0 Å². The summed E-state index contributed by atoms with van der Waals surface area (Å²) in [5.74, 6) is 0.363. The third kappa shape index (κ3) is 5.79. The van der Waals surface area contributed by atoms with Crippen LogP contribution in [-0.4, -0.2) is 20.5 Å². The Balaban J connectivity index is 0.000000257. The highest BCUT2D eigenvalue weighted by atomic mass is 16.3. The minimum Gasteiger partial charge on any atom is -0.386 e. The number of carbonyl (C=O) groups excluding carboxylic acids is 1. The van der Waals surface area contributed by atoms with E-state index >= 15 is 0 Å². The molecule has 0 aliphatic carbocycles.